The van der Waals surface area contributed by atoms with Gasteiger partial charge >= 0.3 is 0 Å². The number of anilines is 6. The van der Waals surface area contributed by atoms with Crippen molar-refractivity contribution in [1.29, 1.82) is 0 Å². The van der Waals surface area contributed by atoms with E-state index in [0.717, 1.165) is 51.1 Å². The molecular formula is C64H45FN4. The SMILES string of the molecule is F.c1ccc(N(c2ccc(-c3cccc4c(N(c5ccccc5)c5ccc6c(c5)c5ccccc5n6-c5ccccc5)cccc34)cc2)c2ccc3c(c2)c2ccccc2n3-c2ccccc2)cc1. The van der Waals surface area contributed by atoms with Crippen molar-refractivity contribution in [1.82, 2.24) is 9.13 Å². The molecule has 0 saturated carbocycles. The summed E-state index contributed by atoms with van der Waals surface area (Å²) in [6.45, 7) is 0. The summed E-state index contributed by atoms with van der Waals surface area (Å²) >= 11 is 0. The van der Waals surface area contributed by atoms with Crippen LogP contribution < -0.4 is 9.80 Å². The summed E-state index contributed by atoms with van der Waals surface area (Å²) in [4.78, 5) is 4.78. The first-order valence-corrected chi connectivity index (χ1v) is 23.3. The zero-order valence-electron chi connectivity index (χ0n) is 37.6. The minimum Gasteiger partial charge on any atom is -0.310 e. The van der Waals surface area contributed by atoms with Crippen molar-refractivity contribution in [2.45, 2.75) is 0 Å². The molecular weight excluding hydrogens is 844 g/mol. The number of fused-ring (bicyclic) bond motifs is 7. The molecule has 5 heteroatoms. The molecule has 0 bridgehead atoms. The van der Waals surface area contributed by atoms with Crippen LogP contribution in [0.25, 0.3) is 76.9 Å². The maximum absolute atomic E-state index is 2.41. The largest absolute Gasteiger partial charge is 0.310 e. The smallest absolute Gasteiger partial charge is 0.0542 e. The third kappa shape index (κ3) is 6.99. The van der Waals surface area contributed by atoms with Crippen LogP contribution in [0, 0.1) is 0 Å². The molecule has 13 aromatic rings. The fourth-order valence-electron chi connectivity index (χ4n) is 10.5. The Morgan fingerprint density at radius 2 is 0.638 bits per heavy atom. The zero-order chi connectivity index (χ0) is 45.0. The molecule has 0 aliphatic heterocycles. The fraction of sp³-hybridized carbons (Fsp3) is 0. The van der Waals surface area contributed by atoms with Crippen LogP contribution in [-0.4, -0.2) is 9.13 Å². The van der Waals surface area contributed by atoms with Crippen molar-refractivity contribution in [2.24, 2.45) is 0 Å². The molecule has 4 nitrogen and oxygen atoms in total. The molecule has 328 valence electrons. The second-order valence-corrected chi connectivity index (χ2v) is 17.3. The molecule has 0 fully saturated rings. The highest BCUT2D eigenvalue weighted by Crippen LogP contribution is 2.45. The van der Waals surface area contributed by atoms with Crippen molar-refractivity contribution in [2.75, 3.05) is 9.80 Å². The highest BCUT2D eigenvalue weighted by atomic mass is 19.0. The van der Waals surface area contributed by atoms with Crippen LogP contribution in [0.4, 0.5) is 38.8 Å². The molecule has 0 N–H and O–H groups in total. The number of benzene rings is 11. The summed E-state index contributed by atoms with van der Waals surface area (Å²) in [5.74, 6) is 0. The van der Waals surface area contributed by atoms with Gasteiger partial charge < -0.3 is 18.9 Å². The lowest BCUT2D eigenvalue weighted by Crippen LogP contribution is -2.10. The average Bonchev–Trinajstić information content (AvgIpc) is 3.92. The van der Waals surface area contributed by atoms with E-state index in [-0.39, 0.29) is 4.70 Å². The molecule has 69 heavy (non-hydrogen) atoms. The Bertz CT molecular complexity index is 3960. The predicted molar refractivity (Wildman–Crippen MR) is 290 cm³/mol. The van der Waals surface area contributed by atoms with E-state index >= 15 is 0 Å². The first-order valence-electron chi connectivity index (χ1n) is 23.3. The van der Waals surface area contributed by atoms with Gasteiger partial charge in [0.1, 0.15) is 0 Å². The standard InChI is InChI=1S/C64H44N4.FH/c1-5-19-46(20-6-1)65(51-39-41-63-58(43-51)56-27-13-15-32-61(56)67(63)48-23-9-3-10-24-48)50-37-35-45(36-38-50)53-29-17-31-55-54(53)30-18-34-60(55)66(47-21-7-2-8-22-47)52-40-42-64-59(44-52)57-28-14-16-33-62(57)68(64)49-25-11-4-12-26-49;/h1-44H;1H. The number of halogens is 1. The summed E-state index contributed by atoms with van der Waals surface area (Å²) in [7, 11) is 0. The minimum atomic E-state index is 0. The van der Waals surface area contributed by atoms with Gasteiger partial charge in [0.05, 0.1) is 27.8 Å². The van der Waals surface area contributed by atoms with Gasteiger partial charge in [0.15, 0.2) is 0 Å². The minimum absolute atomic E-state index is 0. The molecule has 0 aliphatic carbocycles. The molecule has 2 heterocycles. The van der Waals surface area contributed by atoms with E-state index in [2.05, 4.69) is 286 Å². The monoisotopic (exact) mass is 888 g/mol. The summed E-state index contributed by atoms with van der Waals surface area (Å²) in [6.07, 6.45) is 0. The van der Waals surface area contributed by atoms with Crippen molar-refractivity contribution < 1.29 is 4.70 Å². The van der Waals surface area contributed by atoms with E-state index in [0.29, 0.717) is 0 Å². The summed E-state index contributed by atoms with van der Waals surface area (Å²) in [6, 6.07) is 96.5. The Balaban J connectivity index is 0.00000492. The van der Waals surface area contributed by atoms with E-state index in [1.165, 1.54) is 59.9 Å². The van der Waals surface area contributed by atoms with Gasteiger partial charge in [0.25, 0.3) is 0 Å². The van der Waals surface area contributed by atoms with Gasteiger partial charge in [-0.05, 0) is 132 Å². The maximum Gasteiger partial charge on any atom is 0.0542 e. The van der Waals surface area contributed by atoms with E-state index in [4.69, 9.17) is 0 Å². The second-order valence-electron chi connectivity index (χ2n) is 17.3. The quantitative estimate of drug-likeness (QED) is 0.144. The van der Waals surface area contributed by atoms with Gasteiger partial charge in [0, 0.05) is 66.7 Å². The third-order valence-corrected chi connectivity index (χ3v) is 13.5. The van der Waals surface area contributed by atoms with Gasteiger partial charge in [-0.15, -0.1) is 0 Å². The molecule has 0 atom stereocenters. The Morgan fingerprint density at radius 3 is 1.19 bits per heavy atom. The molecule has 0 saturated heterocycles. The predicted octanol–water partition coefficient (Wildman–Crippen LogP) is 17.8. The Labute approximate surface area is 399 Å². The molecule has 0 aliphatic rings. The second kappa shape index (κ2) is 17.2. The topological polar surface area (TPSA) is 16.3 Å². The van der Waals surface area contributed by atoms with Crippen molar-refractivity contribution in [3.63, 3.8) is 0 Å². The summed E-state index contributed by atoms with van der Waals surface area (Å²) in [5.41, 5.74) is 16.0. The van der Waals surface area contributed by atoms with Crippen molar-refractivity contribution in [3.05, 3.63) is 267 Å². The van der Waals surface area contributed by atoms with E-state index < -0.39 is 0 Å². The molecule has 0 radical (unpaired) electrons. The van der Waals surface area contributed by atoms with Gasteiger partial charge in [-0.2, -0.15) is 0 Å². The Morgan fingerprint density at radius 1 is 0.246 bits per heavy atom. The van der Waals surface area contributed by atoms with E-state index in [9.17, 15) is 0 Å². The van der Waals surface area contributed by atoms with Crippen LogP contribution in [0.3, 0.4) is 0 Å². The number of hydrogen-bond donors (Lipinski definition) is 0. The van der Waals surface area contributed by atoms with Gasteiger partial charge in [-0.25, -0.2) is 0 Å². The van der Waals surface area contributed by atoms with Gasteiger partial charge in [-0.1, -0.05) is 152 Å². The molecule has 0 unspecified atom stereocenters. The van der Waals surface area contributed by atoms with Crippen LogP contribution >= 0.6 is 0 Å². The number of hydrogen-bond acceptors (Lipinski definition) is 2. The molecule has 0 spiro atoms. The highest BCUT2D eigenvalue weighted by molar-refractivity contribution is 6.13. The normalized spacial score (nSPS) is 11.4. The van der Waals surface area contributed by atoms with Crippen molar-refractivity contribution in [3.8, 4) is 22.5 Å². The number of aromatic nitrogens is 2. The number of para-hydroxylation sites is 6. The molecule has 2 aromatic heterocycles. The first kappa shape index (κ1) is 41.3. The van der Waals surface area contributed by atoms with E-state index in [1.807, 2.05) is 0 Å². The van der Waals surface area contributed by atoms with Crippen molar-refractivity contribution >= 4 is 88.5 Å². The zero-order valence-corrected chi connectivity index (χ0v) is 37.6. The lowest BCUT2D eigenvalue weighted by Gasteiger charge is -2.27. The van der Waals surface area contributed by atoms with Crippen LogP contribution in [0.5, 0.6) is 0 Å². The van der Waals surface area contributed by atoms with Crippen LogP contribution in [-0.2, 0) is 0 Å². The maximum atomic E-state index is 2.41. The third-order valence-electron chi connectivity index (χ3n) is 13.5. The van der Waals surface area contributed by atoms with Gasteiger partial charge in [-0.3, -0.25) is 4.70 Å². The number of nitrogens with zero attached hydrogens (tertiary/aromatic N) is 4. The Kier molecular flexibility index (Phi) is 10.3. The highest BCUT2D eigenvalue weighted by Gasteiger charge is 2.21. The lowest BCUT2D eigenvalue weighted by molar-refractivity contribution is 1.11. The first-order chi connectivity index (χ1) is 33.8. The van der Waals surface area contributed by atoms with Crippen LogP contribution in [0.2, 0.25) is 0 Å². The van der Waals surface area contributed by atoms with E-state index in [1.54, 1.807) is 0 Å². The summed E-state index contributed by atoms with van der Waals surface area (Å²) in [5, 5.41) is 7.27. The van der Waals surface area contributed by atoms with Crippen LogP contribution in [0.15, 0.2) is 267 Å². The molecule has 11 aromatic carbocycles. The molecule has 13 rings (SSSR count). The number of rotatable bonds is 9. The van der Waals surface area contributed by atoms with Gasteiger partial charge in [0.2, 0.25) is 0 Å². The molecule has 0 amide bonds. The fourth-order valence-corrected chi connectivity index (χ4v) is 10.5. The Hall–Kier alpha value is -9.19. The lowest BCUT2D eigenvalue weighted by atomic mass is 9.96. The summed E-state index contributed by atoms with van der Waals surface area (Å²) < 4.78 is 4.75. The van der Waals surface area contributed by atoms with Crippen LogP contribution in [0.1, 0.15) is 0 Å². The average molecular weight is 889 g/mol.